The van der Waals surface area contributed by atoms with Gasteiger partial charge in [0, 0.05) is 12.1 Å². The summed E-state index contributed by atoms with van der Waals surface area (Å²) < 4.78 is 8.27. The molecule has 0 aliphatic heterocycles. The van der Waals surface area contributed by atoms with Gasteiger partial charge in [-0.1, -0.05) is 6.08 Å². The van der Waals surface area contributed by atoms with Crippen LogP contribution >= 0.6 is 15.9 Å². The van der Waals surface area contributed by atoms with Crippen LogP contribution in [0, 0.1) is 0 Å². The maximum absolute atomic E-state index is 12.1. The molecule has 3 N–H and O–H groups in total. The highest BCUT2D eigenvalue weighted by atomic mass is 79.9. The quantitative estimate of drug-likeness (QED) is 0.716. The topological polar surface area (TPSA) is 95.1 Å². The third-order valence-electron chi connectivity index (χ3n) is 4.19. The van der Waals surface area contributed by atoms with E-state index in [4.69, 9.17) is 10.5 Å². The lowest BCUT2D eigenvalue weighted by Gasteiger charge is -2.22. The monoisotopic (exact) mass is 421 g/mol. The molecule has 8 heteroatoms. The number of amides is 1. The fraction of sp³-hybridized carbons (Fsp3) is 0.500. The molecule has 0 aromatic carbocycles. The van der Waals surface area contributed by atoms with Crippen molar-refractivity contribution in [2.45, 2.75) is 57.7 Å². The lowest BCUT2D eigenvalue weighted by atomic mass is 10.1. The van der Waals surface area contributed by atoms with E-state index >= 15 is 0 Å². The zero-order valence-corrected chi connectivity index (χ0v) is 16.8. The largest absolute Gasteiger partial charge is 0.444 e. The number of rotatable bonds is 5. The summed E-state index contributed by atoms with van der Waals surface area (Å²) in [5, 5.41) is 3.73. The molecule has 26 heavy (non-hydrogen) atoms. The molecule has 3 rings (SSSR count). The van der Waals surface area contributed by atoms with E-state index in [1.807, 2.05) is 25.3 Å². The molecular weight excluding hydrogens is 398 g/mol. The fourth-order valence-corrected chi connectivity index (χ4v) is 3.77. The van der Waals surface area contributed by atoms with Gasteiger partial charge in [-0.15, -0.1) is 6.58 Å². The normalized spacial score (nSPS) is 15.7. The molecule has 2 aromatic rings. The number of alkyl carbamates (subject to hydrolysis) is 1. The molecule has 0 bridgehead atoms. The number of hydrogen-bond donors (Lipinski definition) is 2. The van der Waals surface area contributed by atoms with Gasteiger partial charge in [-0.2, -0.15) is 0 Å². The molecule has 7 nitrogen and oxygen atoms in total. The van der Waals surface area contributed by atoms with Gasteiger partial charge >= 0.3 is 6.09 Å². The van der Waals surface area contributed by atoms with Crippen LogP contribution in [0.25, 0.3) is 11.0 Å². The molecule has 1 fully saturated rings. The van der Waals surface area contributed by atoms with Gasteiger partial charge in [-0.25, -0.2) is 14.8 Å². The van der Waals surface area contributed by atoms with E-state index in [1.165, 1.54) is 6.33 Å². The average Bonchev–Trinajstić information content (AvgIpc) is 3.32. The van der Waals surface area contributed by atoms with Crippen LogP contribution in [0.2, 0.25) is 0 Å². The number of nitrogens with zero attached hydrogens (tertiary/aromatic N) is 3. The first-order valence-electron chi connectivity index (χ1n) is 8.61. The summed E-state index contributed by atoms with van der Waals surface area (Å²) in [6.07, 6.45) is 4.93. The Hall–Kier alpha value is -2.09. The molecule has 0 spiro atoms. The molecule has 140 valence electrons. The lowest BCUT2D eigenvalue weighted by molar-refractivity contribution is 0.0511. The molecule has 2 aromatic heterocycles. The van der Waals surface area contributed by atoms with E-state index in [1.54, 1.807) is 6.08 Å². The molecule has 1 saturated carbocycles. The van der Waals surface area contributed by atoms with Gasteiger partial charge in [0.25, 0.3) is 0 Å². The second-order valence-corrected chi connectivity index (χ2v) is 8.29. The zero-order valence-electron chi connectivity index (χ0n) is 15.3. The van der Waals surface area contributed by atoms with E-state index in [0.29, 0.717) is 18.3 Å². The first-order chi connectivity index (χ1) is 12.2. The Morgan fingerprint density at radius 1 is 1.54 bits per heavy atom. The predicted molar refractivity (Wildman–Crippen MR) is 105 cm³/mol. The van der Waals surface area contributed by atoms with Crippen molar-refractivity contribution in [3.8, 4) is 0 Å². The first-order valence-corrected chi connectivity index (χ1v) is 9.40. The van der Waals surface area contributed by atoms with Gasteiger partial charge in [0.2, 0.25) is 0 Å². The first kappa shape index (κ1) is 18.7. The summed E-state index contributed by atoms with van der Waals surface area (Å²) in [5.41, 5.74) is 7.47. The predicted octanol–water partition coefficient (Wildman–Crippen LogP) is 3.73. The van der Waals surface area contributed by atoms with Gasteiger partial charge < -0.3 is 20.4 Å². The number of carbonyl (C=O) groups excluding carboxylic acids is 1. The van der Waals surface area contributed by atoms with E-state index in [9.17, 15) is 4.79 Å². The summed E-state index contributed by atoms with van der Waals surface area (Å²) >= 11 is 3.70. The highest BCUT2D eigenvalue weighted by Crippen LogP contribution is 2.48. The molecule has 2 heterocycles. The zero-order chi connectivity index (χ0) is 19.1. The number of halogens is 1. The highest BCUT2D eigenvalue weighted by molar-refractivity contribution is 9.10. The minimum Gasteiger partial charge on any atom is -0.444 e. The van der Waals surface area contributed by atoms with Crippen LogP contribution in [-0.4, -0.2) is 32.3 Å². The third kappa shape index (κ3) is 3.85. The Morgan fingerprint density at radius 3 is 2.81 bits per heavy atom. The Balaban J connectivity index is 1.90. The molecule has 1 aliphatic carbocycles. The van der Waals surface area contributed by atoms with Gasteiger partial charge in [0.05, 0.1) is 16.0 Å². The lowest BCUT2D eigenvalue weighted by Crippen LogP contribution is -2.40. The second kappa shape index (κ2) is 6.90. The molecule has 0 saturated heterocycles. The summed E-state index contributed by atoms with van der Waals surface area (Å²) in [6.45, 7) is 9.77. The van der Waals surface area contributed by atoms with Gasteiger partial charge in [-0.05, 0) is 55.5 Å². The summed E-state index contributed by atoms with van der Waals surface area (Å²) in [6, 6.07) is -0.319. The number of nitrogens with two attached hydrogens (primary N) is 1. The van der Waals surface area contributed by atoms with Gasteiger partial charge in [0.1, 0.15) is 23.4 Å². The Bertz CT molecular complexity index is 851. The molecule has 1 atom stereocenters. The number of hydrogen-bond acceptors (Lipinski definition) is 5. The summed E-state index contributed by atoms with van der Waals surface area (Å²) in [5.74, 6) is 0.953. The van der Waals surface area contributed by atoms with Crippen molar-refractivity contribution >= 4 is 38.9 Å². The van der Waals surface area contributed by atoms with Crippen molar-refractivity contribution in [3.05, 3.63) is 29.1 Å². The number of nitrogen functional groups attached to an aromatic ring is 1. The highest BCUT2D eigenvalue weighted by Gasteiger charge is 2.33. The standard InChI is InChI=1S/C18H24BrN5O2/c1-5-11(23-17(25)26-18(2,3)4)8-24-14(19)12(10-6-7-10)13-15(20)21-9-22-16(13)24/h5,9-11H,1,6-8H2,2-4H3,(H,23,25)(H2,20,21,22)/t11-/m0/s1. The SMILES string of the molecule is C=C[C@@H](Cn1c(Br)c(C2CC2)c2c(N)ncnc21)NC(=O)OC(C)(C)C. The van der Waals surface area contributed by atoms with Crippen molar-refractivity contribution in [2.75, 3.05) is 5.73 Å². The van der Waals surface area contributed by atoms with Crippen LogP contribution < -0.4 is 11.1 Å². The Morgan fingerprint density at radius 2 is 2.23 bits per heavy atom. The number of aromatic nitrogens is 3. The molecule has 0 unspecified atom stereocenters. The minimum atomic E-state index is -0.558. The van der Waals surface area contributed by atoms with Crippen molar-refractivity contribution in [2.24, 2.45) is 0 Å². The average molecular weight is 422 g/mol. The summed E-state index contributed by atoms with van der Waals surface area (Å²) in [7, 11) is 0. The Labute approximate surface area is 161 Å². The molecule has 0 radical (unpaired) electrons. The van der Waals surface area contributed by atoms with E-state index in [0.717, 1.165) is 34.0 Å². The van der Waals surface area contributed by atoms with Crippen molar-refractivity contribution in [1.29, 1.82) is 0 Å². The molecule has 1 aliphatic rings. The van der Waals surface area contributed by atoms with Gasteiger partial charge in [-0.3, -0.25) is 0 Å². The smallest absolute Gasteiger partial charge is 0.408 e. The van der Waals surface area contributed by atoms with Crippen LogP contribution in [0.15, 0.2) is 23.6 Å². The van der Waals surface area contributed by atoms with Crippen LogP contribution in [0.1, 0.15) is 45.1 Å². The number of carbonyl (C=O) groups is 1. The van der Waals surface area contributed by atoms with Crippen molar-refractivity contribution in [3.63, 3.8) is 0 Å². The number of nitrogens with one attached hydrogen (secondary N) is 1. The van der Waals surface area contributed by atoms with Crippen molar-refractivity contribution < 1.29 is 9.53 Å². The van der Waals surface area contributed by atoms with Gasteiger partial charge in [0.15, 0.2) is 0 Å². The number of fused-ring (bicyclic) bond motifs is 1. The van der Waals surface area contributed by atoms with Crippen LogP contribution in [-0.2, 0) is 11.3 Å². The fourth-order valence-electron chi connectivity index (χ4n) is 2.94. The third-order valence-corrected chi connectivity index (χ3v) is 5.05. The molecule has 1 amide bonds. The second-order valence-electron chi connectivity index (χ2n) is 7.54. The Kier molecular flexibility index (Phi) is 4.96. The summed E-state index contributed by atoms with van der Waals surface area (Å²) in [4.78, 5) is 20.7. The van der Waals surface area contributed by atoms with E-state index in [-0.39, 0.29) is 6.04 Å². The van der Waals surface area contributed by atoms with Crippen LogP contribution in [0.5, 0.6) is 0 Å². The minimum absolute atomic E-state index is 0.319. The number of anilines is 1. The van der Waals surface area contributed by atoms with Crippen LogP contribution in [0.3, 0.4) is 0 Å². The maximum atomic E-state index is 12.1. The number of ether oxygens (including phenoxy) is 1. The van der Waals surface area contributed by atoms with Crippen molar-refractivity contribution in [1.82, 2.24) is 19.9 Å². The molecular formula is C18H24BrN5O2. The van der Waals surface area contributed by atoms with Crippen LogP contribution in [0.4, 0.5) is 10.6 Å². The van der Waals surface area contributed by atoms with E-state index in [2.05, 4.69) is 37.8 Å². The van der Waals surface area contributed by atoms with E-state index < -0.39 is 11.7 Å². The maximum Gasteiger partial charge on any atom is 0.408 e.